The molecule has 0 unspecified atom stereocenters. The fraction of sp³-hybridized carbons (Fsp3) is 0.400. The monoisotopic (exact) mass is 358 g/mol. The van der Waals surface area contributed by atoms with E-state index in [4.69, 9.17) is 9.15 Å². The molecule has 6 nitrogen and oxygen atoms in total. The van der Waals surface area contributed by atoms with Crippen molar-refractivity contribution in [3.63, 3.8) is 0 Å². The molecule has 1 heterocycles. The van der Waals surface area contributed by atoms with Crippen LogP contribution in [0.3, 0.4) is 0 Å². The molecule has 0 fully saturated rings. The van der Waals surface area contributed by atoms with Crippen molar-refractivity contribution in [3.05, 3.63) is 47.4 Å². The number of esters is 1. The van der Waals surface area contributed by atoms with Gasteiger partial charge in [0, 0.05) is 24.0 Å². The number of rotatable bonds is 7. The summed E-state index contributed by atoms with van der Waals surface area (Å²) in [6, 6.07) is 9.59. The quantitative estimate of drug-likeness (QED) is 0.760. The van der Waals surface area contributed by atoms with Gasteiger partial charge in [0.1, 0.15) is 17.1 Å². The molecule has 6 heteroatoms. The molecule has 0 radical (unpaired) electrons. The van der Waals surface area contributed by atoms with Crippen LogP contribution in [-0.4, -0.2) is 31.1 Å². The minimum atomic E-state index is -0.569. The summed E-state index contributed by atoms with van der Waals surface area (Å²) in [6.07, 6.45) is 0. The SMILES string of the molecule is CCN(c1ccc(NC(=O)COC(=O)c2cc(C)oc2C)cc1)C(C)C. The molecular formula is C20H26N2O4. The molecule has 2 aromatic rings. The smallest absolute Gasteiger partial charge is 0.342 e. The number of carbonyl (C=O) groups is 2. The highest BCUT2D eigenvalue weighted by Crippen LogP contribution is 2.20. The van der Waals surface area contributed by atoms with Gasteiger partial charge in [-0.3, -0.25) is 4.79 Å². The van der Waals surface area contributed by atoms with Crippen LogP contribution in [0.5, 0.6) is 0 Å². The molecule has 1 aromatic heterocycles. The van der Waals surface area contributed by atoms with Crippen molar-refractivity contribution in [2.45, 2.75) is 40.7 Å². The Balaban J connectivity index is 1.89. The number of nitrogens with zero attached hydrogens (tertiary/aromatic N) is 1. The zero-order chi connectivity index (χ0) is 19.3. The number of carbonyl (C=O) groups excluding carboxylic acids is 2. The predicted molar refractivity (Wildman–Crippen MR) is 102 cm³/mol. The highest BCUT2D eigenvalue weighted by molar-refractivity contribution is 5.96. The number of hydrogen-bond acceptors (Lipinski definition) is 5. The van der Waals surface area contributed by atoms with Crippen molar-refractivity contribution in [1.82, 2.24) is 0 Å². The molecule has 1 amide bonds. The standard InChI is InChI=1S/C20H26N2O4/c1-6-22(13(2)3)17-9-7-16(8-10-17)21-19(23)12-25-20(24)18-11-14(4)26-15(18)5/h7-11,13H,6,12H2,1-5H3,(H,21,23). The van der Waals surface area contributed by atoms with Crippen LogP contribution in [0.15, 0.2) is 34.7 Å². The summed E-state index contributed by atoms with van der Waals surface area (Å²) in [6.45, 7) is 10.4. The van der Waals surface area contributed by atoms with E-state index in [1.165, 1.54) is 0 Å². The number of ether oxygens (including phenoxy) is 1. The normalized spacial score (nSPS) is 10.7. The van der Waals surface area contributed by atoms with Crippen LogP contribution in [-0.2, 0) is 9.53 Å². The summed E-state index contributed by atoms with van der Waals surface area (Å²) in [5.41, 5.74) is 2.09. The van der Waals surface area contributed by atoms with E-state index in [9.17, 15) is 9.59 Å². The van der Waals surface area contributed by atoms with Crippen LogP contribution in [0, 0.1) is 13.8 Å². The van der Waals surface area contributed by atoms with Crippen molar-refractivity contribution in [3.8, 4) is 0 Å². The first-order chi connectivity index (χ1) is 12.3. The maximum atomic E-state index is 12.0. The summed E-state index contributed by atoms with van der Waals surface area (Å²) in [7, 11) is 0. The van der Waals surface area contributed by atoms with Crippen molar-refractivity contribution >= 4 is 23.3 Å². The molecule has 0 bridgehead atoms. The molecule has 0 aliphatic rings. The lowest BCUT2D eigenvalue weighted by Crippen LogP contribution is -2.30. The minimum Gasteiger partial charge on any atom is -0.466 e. The van der Waals surface area contributed by atoms with Gasteiger partial charge in [-0.1, -0.05) is 0 Å². The third kappa shape index (κ3) is 4.88. The first kappa shape index (κ1) is 19.6. The van der Waals surface area contributed by atoms with E-state index < -0.39 is 5.97 Å². The van der Waals surface area contributed by atoms with E-state index in [0.29, 0.717) is 28.8 Å². The summed E-state index contributed by atoms with van der Waals surface area (Å²) in [4.78, 5) is 26.2. The van der Waals surface area contributed by atoms with Crippen LogP contribution in [0.1, 0.15) is 42.6 Å². The highest BCUT2D eigenvalue weighted by Gasteiger charge is 2.16. The van der Waals surface area contributed by atoms with Gasteiger partial charge in [-0.2, -0.15) is 0 Å². The first-order valence-corrected chi connectivity index (χ1v) is 8.72. The molecule has 0 aliphatic carbocycles. The second-order valence-electron chi connectivity index (χ2n) is 6.38. The molecule has 0 aliphatic heterocycles. The van der Waals surface area contributed by atoms with Crippen LogP contribution in [0.4, 0.5) is 11.4 Å². The molecule has 0 spiro atoms. The van der Waals surface area contributed by atoms with Crippen molar-refractivity contribution in [2.24, 2.45) is 0 Å². The fourth-order valence-electron chi connectivity index (χ4n) is 2.82. The summed E-state index contributed by atoms with van der Waals surface area (Å²) in [5, 5.41) is 2.72. The van der Waals surface area contributed by atoms with Gasteiger partial charge in [-0.25, -0.2) is 4.79 Å². The van der Waals surface area contributed by atoms with Crippen molar-refractivity contribution < 1.29 is 18.7 Å². The van der Waals surface area contributed by atoms with Gasteiger partial charge < -0.3 is 19.4 Å². The van der Waals surface area contributed by atoms with Crippen LogP contribution in [0.25, 0.3) is 0 Å². The van der Waals surface area contributed by atoms with Gasteiger partial charge in [0.05, 0.1) is 0 Å². The summed E-state index contributed by atoms with van der Waals surface area (Å²) >= 11 is 0. The highest BCUT2D eigenvalue weighted by atomic mass is 16.5. The predicted octanol–water partition coefficient (Wildman–Crippen LogP) is 3.93. The first-order valence-electron chi connectivity index (χ1n) is 8.72. The molecule has 0 saturated carbocycles. The number of amides is 1. The number of anilines is 2. The number of furan rings is 1. The molecular weight excluding hydrogens is 332 g/mol. The molecule has 0 saturated heterocycles. The van der Waals surface area contributed by atoms with Gasteiger partial charge >= 0.3 is 5.97 Å². The minimum absolute atomic E-state index is 0.341. The molecule has 1 aromatic carbocycles. The van der Waals surface area contributed by atoms with E-state index in [1.54, 1.807) is 19.9 Å². The molecule has 2 rings (SSSR count). The lowest BCUT2D eigenvalue weighted by atomic mass is 10.2. The van der Waals surface area contributed by atoms with E-state index in [-0.39, 0.29) is 12.5 Å². The molecule has 1 N–H and O–H groups in total. The Labute approximate surface area is 154 Å². The van der Waals surface area contributed by atoms with Gasteiger partial charge in [0.25, 0.3) is 5.91 Å². The summed E-state index contributed by atoms with van der Waals surface area (Å²) < 4.78 is 10.3. The molecule has 140 valence electrons. The lowest BCUT2D eigenvalue weighted by Gasteiger charge is -2.27. The molecule has 0 atom stereocenters. The van der Waals surface area contributed by atoms with Crippen LogP contribution >= 0.6 is 0 Å². The fourth-order valence-corrected chi connectivity index (χ4v) is 2.82. The lowest BCUT2D eigenvalue weighted by molar-refractivity contribution is -0.119. The Kier molecular flexibility index (Phi) is 6.44. The zero-order valence-corrected chi connectivity index (χ0v) is 16.0. The molecule has 26 heavy (non-hydrogen) atoms. The van der Waals surface area contributed by atoms with E-state index in [1.807, 2.05) is 24.3 Å². The second kappa shape index (κ2) is 8.56. The number of hydrogen-bond donors (Lipinski definition) is 1. The Hall–Kier alpha value is -2.76. The zero-order valence-electron chi connectivity index (χ0n) is 16.0. The van der Waals surface area contributed by atoms with E-state index >= 15 is 0 Å². The van der Waals surface area contributed by atoms with Gasteiger partial charge in [0.2, 0.25) is 0 Å². The van der Waals surface area contributed by atoms with Gasteiger partial charge in [0.15, 0.2) is 6.61 Å². The van der Waals surface area contributed by atoms with Crippen molar-refractivity contribution in [1.29, 1.82) is 0 Å². The maximum Gasteiger partial charge on any atom is 0.342 e. The van der Waals surface area contributed by atoms with Gasteiger partial charge in [-0.15, -0.1) is 0 Å². The third-order valence-corrected chi connectivity index (χ3v) is 4.04. The van der Waals surface area contributed by atoms with Crippen LogP contribution in [0.2, 0.25) is 0 Å². The third-order valence-electron chi connectivity index (χ3n) is 4.04. The Morgan fingerprint density at radius 3 is 2.35 bits per heavy atom. The Morgan fingerprint density at radius 2 is 1.85 bits per heavy atom. The average Bonchev–Trinajstić information content (AvgIpc) is 2.93. The Morgan fingerprint density at radius 1 is 1.19 bits per heavy atom. The van der Waals surface area contributed by atoms with Gasteiger partial charge in [-0.05, 0) is 65.0 Å². The number of benzene rings is 1. The second-order valence-corrected chi connectivity index (χ2v) is 6.38. The van der Waals surface area contributed by atoms with Crippen molar-refractivity contribution in [2.75, 3.05) is 23.4 Å². The number of nitrogens with one attached hydrogen (secondary N) is 1. The largest absolute Gasteiger partial charge is 0.466 e. The number of aryl methyl sites for hydroxylation is 2. The topological polar surface area (TPSA) is 71.8 Å². The average molecular weight is 358 g/mol. The van der Waals surface area contributed by atoms with E-state index in [0.717, 1.165) is 12.2 Å². The summed E-state index contributed by atoms with van der Waals surface area (Å²) in [5.74, 6) is 0.149. The van der Waals surface area contributed by atoms with E-state index in [2.05, 4.69) is 31.0 Å². The maximum absolute atomic E-state index is 12.0. The van der Waals surface area contributed by atoms with Crippen LogP contribution < -0.4 is 10.2 Å². The Bertz CT molecular complexity index is 763.